The number of nitro benzene ring substituents is 1. The van der Waals surface area contributed by atoms with Crippen LogP contribution < -0.4 is 4.74 Å². The first kappa shape index (κ1) is 21.1. The lowest BCUT2D eigenvalue weighted by atomic mass is 10.1. The Hall–Kier alpha value is -2.23. The summed E-state index contributed by atoms with van der Waals surface area (Å²) in [6.07, 6.45) is -0.149. The van der Waals surface area contributed by atoms with Crippen LogP contribution in [0.4, 0.5) is 5.69 Å². The van der Waals surface area contributed by atoms with Crippen molar-refractivity contribution in [3.8, 4) is 5.75 Å². The largest absolute Gasteiger partial charge is 0.491 e. The summed E-state index contributed by atoms with van der Waals surface area (Å²) in [6.45, 7) is 6.64. The molecule has 150 valence electrons. The molecule has 9 heteroatoms. The Bertz CT molecular complexity index is 666. The van der Waals surface area contributed by atoms with E-state index in [0.717, 1.165) is 5.56 Å². The van der Waals surface area contributed by atoms with Crippen molar-refractivity contribution in [3.63, 3.8) is 0 Å². The fourth-order valence-electron chi connectivity index (χ4n) is 3.09. The lowest BCUT2D eigenvalue weighted by Gasteiger charge is -2.34. The molecule has 1 atom stereocenters. The van der Waals surface area contributed by atoms with Crippen LogP contribution in [-0.2, 0) is 16.1 Å². The van der Waals surface area contributed by atoms with Gasteiger partial charge < -0.3 is 14.6 Å². The van der Waals surface area contributed by atoms with Crippen molar-refractivity contribution in [2.24, 2.45) is 0 Å². The number of morpholine rings is 1. The first-order chi connectivity index (χ1) is 12.7. The molecule has 1 aliphatic rings. The van der Waals surface area contributed by atoms with E-state index < -0.39 is 10.9 Å². The summed E-state index contributed by atoms with van der Waals surface area (Å²) >= 11 is 0. The van der Waals surface area contributed by atoms with Gasteiger partial charge >= 0.3 is 5.97 Å². The maximum Gasteiger partial charge on any atom is 0.317 e. The molecule has 1 aromatic carbocycles. The Morgan fingerprint density at radius 1 is 1.52 bits per heavy atom. The number of likely N-dealkylation sites (N-methyl/N-ethyl adjacent to an activating group) is 1. The molecule has 0 radical (unpaired) electrons. The van der Waals surface area contributed by atoms with Crippen molar-refractivity contribution in [3.05, 3.63) is 33.9 Å². The molecule has 1 heterocycles. The van der Waals surface area contributed by atoms with Gasteiger partial charge in [-0.25, -0.2) is 0 Å². The number of nitrogens with zero attached hydrogens (tertiary/aromatic N) is 3. The Kier molecular flexibility index (Phi) is 7.52. The van der Waals surface area contributed by atoms with E-state index >= 15 is 0 Å². The first-order valence-corrected chi connectivity index (χ1v) is 8.93. The third-order valence-corrected chi connectivity index (χ3v) is 4.15. The monoisotopic (exact) mass is 381 g/mol. The summed E-state index contributed by atoms with van der Waals surface area (Å²) in [5, 5.41) is 20.0. The van der Waals surface area contributed by atoms with Gasteiger partial charge in [-0.2, -0.15) is 0 Å². The average Bonchev–Trinajstić information content (AvgIpc) is 2.55. The summed E-state index contributed by atoms with van der Waals surface area (Å²) in [4.78, 5) is 25.4. The van der Waals surface area contributed by atoms with Crippen molar-refractivity contribution >= 4 is 11.7 Å². The number of non-ortho nitro benzene ring substituents is 1. The van der Waals surface area contributed by atoms with Gasteiger partial charge in [0.1, 0.15) is 5.75 Å². The molecule has 0 bridgehead atoms. The fraction of sp³-hybridized carbons (Fsp3) is 0.611. The zero-order valence-electron chi connectivity index (χ0n) is 16.0. The highest BCUT2D eigenvalue weighted by atomic mass is 16.6. The van der Waals surface area contributed by atoms with Gasteiger partial charge in [0.05, 0.1) is 30.3 Å². The first-order valence-electron chi connectivity index (χ1n) is 8.93. The number of hydrogen-bond donors (Lipinski definition) is 1. The Labute approximate surface area is 158 Å². The predicted octanol–water partition coefficient (Wildman–Crippen LogP) is 1.60. The van der Waals surface area contributed by atoms with Gasteiger partial charge in [-0.3, -0.25) is 24.7 Å². The molecule has 1 aromatic rings. The minimum Gasteiger partial charge on any atom is -0.491 e. The van der Waals surface area contributed by atoms with Crippen LogP contribution in [0.5, 0.6) is 5.75 Å². The van der Waals surface area contributed by atoms with E-state index in [9.17, 15) is 14.9 Å². The zero-order valence-corrected chi connectivity index (χ0v) is 16.0. The summed E-state index contributed by atoms with van der Waals surface area (Å²) in [5.74, 6) is -0.237. The van der Waals surface area contributed by atoms with Crippen LogP contribution in [0, 0.1) is 10.1 Å². The molecule has 0 amide bonds. The number of carboxylic acid groups (broad SMARTS) is 1. The number of ether oxygens (including phenoxy) is 2. The zero-order chi connectivity index (χ0) is 20.0. The van der Waals surface area contributed by atoms with E-state index in [-0.39, 0.29) is 24.4 Å². The van der Waals surface area contributed by atoms with Gasteiger partial charge in [-0.05, 0) is 27.0 Å². The molecule has 1 fully saturated rings. The summed E-state index contributed by atoms with van der Waals surface area (Å²) in [7, 11) is 1.74. The molecular weight excluding hydrogens is 354 g/mol. The third kappa shape index (κ3) is 6.78. The lowest BCUT2D eigenvalue weighted by Crippen LogP contribution is -2.47. The number of hydrogen-bond acceptors (Lipinski definition) is 7. The van der Waals surface area contributed by atoms with E-state index in [0.29, 0.717) is 38.5 Å². The smallest absolute Gasteiger partial charge is 0.317 e. The topological polar surface area (TPSA) is 105 Å². The Balaban J connectivity index is 2.06. The number of carboxylic acids is 1. The van der Waals surface area contributed by atoms with Gasteiger partial charge in [0.25, 0.3) is 5.69 Å². The maximum absolute atomic E-state index is 11.1. The summed E-state index contributed by atoms with van der Waals surface area (Å²) in [5.41, 5.74) is 0.796. The van der Waals surface area contributed by atoms with Crippen LogP contribution in [0.3, 0.4) is 0 Å². The van der Waals surface area contributed by atoms with Crippen LogP contribution in [0.2, 0.25) is 0 Å². The molecule has 1 N–H and O–H groups in total. The third-order valence-electron chi connectivity index (χ3n) is 4.15. The number of carbonyl (C=O) groups is 1. The minimum atomic E-state index is -0.878. The van der Waals surface area contributed by atoms with Crippen molar-refractivity contribution in [1.82, 2.24) is 9.80 Å². The van der Waals surface area contributed by atoms with Crippen LogP contribution in [0.1, 0.15) is 19.4 Å². The number of benzene rings is 1. The van der Waals surface area contributed by atoms with Gasteiger partial charge in [-0.15, -0.1) is 0 Å². The molecule has 2 rings (SSSR count). The molecule has 1 aliphatic heterocycles. The Morgan fingerprint density at radius 2 is 2.26 bits per heavy atom. The molecule has 27 heavy (non-hydrogen) atoms. The molecule has 0 spiro atoms. The van der Waals surface area contributed by atoms with Crippen LogP contribution in [-0.4, -0.2) is 77.8 Å². The fourth-order valence-corrected chi connectivity index (χ4v) is 3.09. The highest BCUT2D eigenvalue weighted by molar-refractivity contribution is 5.69. The highest BCUT2D eigenvalue weighted by Crippen LogP contribution is 2.27. The number of nitro groups is 1. The maximum atomic E-state index is 11.1. The van der Waals surface area contributed by atoms with E-state index in [2.05, 4.69) is 4.90 Å². The van der Waals surface area contributed by atoms with Crippen molar-refractivity contribution < 1.29 is 24.3 Å². The van der Waals surface area contributed by atoms with Gasteiger partial charge in [-0.1, -0.05) is 0 Å². The lowest BCUT2D eigenvalue weighted by molar-refractivity contribution is -0.385. The summed E-state index contributed by atoms with van der Waals surface area (Å²) < 4.78 is 11.5. The van der Waals surface area contributed by atoms with E-state index in [1.54, 1.807) is 24.1 Å². The van der Waals surface area contributed by atoms with Crippen molar-refractivity contribution in [1.29, 1.82) is 0 Å². The number of rotatable bonds is 9. The second-order valence-corrected chi connectivity index (χ2v) is 7.03. The molecule has 0 aliphatic carbocycles. The molecule has 1 saturated heterocycles. The Morgan fingerprint density at radius 3 is 2.89 bits per heavy atom. The van der Waals surface area contributed by atoms with E-state index in [4.69, 9.17) is 14.6 Å². The summed E-state index contributed by atoms with van der Waals surface area (Å²) in [6, 6.07) is 4.65. The minimum absolute atomic E-state index is 0.0344. The second kappa shape index (κ2) is 9.63. The predicted molar refractivity (Wildman–Crippen MR) is 99.0 cm³/mol. The molecule has 9 nitrogen and oxygen atoms in total. The van der Waals surface area contributed by atoms with Crippen molar-refractivity contribution in [2.75, 3.05) is 39.8 Å². The van der Waals surface area contributed by atoms with Crippen LogP contribution in [0.15, 0.2) is 18.2 Å². The SMILES string of the molecule is CC(C)Oc1ccc([N+](=O)[O-])cc1CN1CCOC(CN(C)CC(=O)O)C1. The molecular formula is C18H27N3O6. The molecule has 0 saturated carbocycles. The second-order valence-electron chi connectivity index (χ2n) is 7.03. The highest BCUT2D eigenvalue weighted by Gasteiger charge is 2.24. The van der Waals surface area contributed by atoms with Crippen LogP contribution in [0.25, 0.3) is 0 Å². The van der Waals surface area contributed by atoms with Gasteiger partial charge in [0, 0.05) is 43.9 Å². The quantitative estimate of drug-likeness (QED) is 0.508. The average molecular weight is 381 g/mol. The van der Waals surface area contributed by atoms with Gasteiger partial charge in [0.2, 0.25) is 0 Å². The standard InChI is InChI=1S/C18H27N3O6/c1-13(2)27-17-5-4-15(21(24)25)8-14(17)9-20-6-7-26-16(11-20)10-19(3)12-18(22)23/h4-5,8,13,16H,6-7,9-12H2,1-3H3,(H,22,23). The number of aliphatic carboxylic acids is 1. The van der Waals surface area contributed by atoms with Crippen LogP contribution >= 0.6 is 0 Å². The van der Waals surface area contributed by atoms with Crippen molar-refractivity contribution in [2.45, 2.75) is 32.6 Å². The van der Waals surface area contributed by atoms with E-state index in [1.807, 2.05) is 13.8 Å². The van der Waals surface area contributed by atoms with Gasteiger partial charge in [0.15, 0.2) is 0 Å². The van der Waals surface area contributed by atoms with E-state index in [1.165, 1.54) is 6.07 Å². The normalized spacial score (nSPS) is 18.0. The molecule has 0 aromatic heterocycles. The molecule has 1 unspecified atom stereocenters.